The van der Waals surface area contributed by atoms with E-state index >= 15 is 0 Å². The summed E-state index contributed by atoms with van der Waals surface area (Å²) in [5.41, 5.74) is -0.212. The monoisotopic (exact) mass is 605 g/mol. The highest BCUT2D eigenvalue weighted by atomic mass is 19.2. The third kappa shape index (κ3) is 6.56. The van der Waals surface area contributed by atoms with Crippen LogP contribution in [0.5, 0.6) is 0 Å². The zero-order valence-electron chi connectivity index (χ0n) is 23.4. The lowest BCUT2D eigenvalue weighted by molar-refractivity contribution is -0.142. The van der Waals surface area contributed by atoms with Crippen molar-refractivity contribution in [3.05, 3.63) is 141 Å². The SMILES string of the molecule is O=C(C=C(O)c1cc(Cc2ccc(F)c(F)c2F)cn(Cc2ccccc2F)c1=O)C(=O)N1CCN(c2ccccc2)CC1. The minimum Gasteiger partial charge on any atom is -0.507 e. The molecule has 2 heterocycles. The molecule has 11 heteroatoms. The van der Waals surface area contributed by atoms with Crippen LogP contribution in [0.4, 0.5) is 23.2 Å². The van der Waals surface area contributed by atoms with Crippen molar-refractivity contribution in [1.29, 1.82) is 0 Å². The summed E-state index contributed by atoms with van der Waals surface area (Å²) in [6.45, 7) is 1.21. The van der Waals surface area contributed by atoms with Crippen molar-refractivity contribution in [2.75, 3.05) is 31.1 Å². The predicted octanol–water partition coefficient (Wildman–Crippen LogP) is 4.86. The van der Waals surface area contributed by atoms with Crippen molar-refractivity contribution in [2.24, 2.45) is 0 Å². The summed E-state index contributed by atoms with van der Waals surface area (Å²) in [5, 5.41) is 10.9. The molecule has 1 N–H and O–H groups in total. The van der Waals surface area contributed by atoms with Gasteiger partial charge >= 0.3 is 0 Å². The fraction of sp³-hybridized carbons (Fsp3) is 0.182. The summed E-state index contributed by atoms with van der Waals surface area (Å²) in [6, 6.07) is 18.2. The summed E-state index contributed by atoms with van der Waals surface area (Å²) < 4.78 is 57.3. The molecule has 226 valence electrons. The second kappa shape index (κ2) is 13.0. The summed E-state index contributed by atoms with van der Waals surface area (Å²) in [6.07, 6.45) is 1.57. The lowest BCUT2D eigenvalue weighted by Gasteiger charge is -2.35. The molecule has 44 heavy (non-hydrogen) atoms. The number of carbonyl (C=O) groups excluding carboxylic acids is 2. The number of piperazine rings is 1. The van der Waals surface area contributed by atoms with Crippen LogP contribution in [0, 0.1) is 23.3 Å². The molecule has 1 saturated heterocycles. The van der Waals surface area contributed by atoms with Crippen molar-refractivity contribution in [1.82, 2.24) is 9.47 Å². The Morgan fingerprint density at radius 1 is 0.795 bits per heavy atom. The number of para-hydroxylation sites is 1. The fourth-order valence-corrected chi connectivity index (χ4v) is 5.05. The van der Waals surface area contributed by atoms with Crippen molar-refractivity contribution >= 4 is 23.1 Å². The molecule has 1 aromatic heterocycles. The van der Waals surface area contributed by atoms with E-state index in [2.05, 4.69) is 4.90 Å². The van der Waals surface area contributed by atoms with Gasteiger partial charge in [-0.25, -0.2) is 17.6 Å². The summed E-state index contributed by atoms with van der Waals surface area (Å²) >= 11 is 0. The number of ketones is 1. The molecule has 0 atom stereocenters. The number of amides is 1. The average molecular weight is 606 g/mol. The maximum absolute atomic E-state index is 14.5. The van der Waals surface area contributed by atoms with Crippen LogP contribution in [-0.4, -0.2) is 52.4 Å². The van der Waals surface area contributed by atoms with E-state index in [0.29, 0.717) is 19.2 Å². The average Bonchev–Trinajstić information content (AvgIpc) is 3.03. The Kier molecular flexibility index (Phi) is 8.94. The van der Waals surface area contributed by atoms with Crippen LogP contribution >= 0.6 is 0 Å². The van der Waals surface area contributed by atoms with Crippen LogP contribution in [-0.2, 0) is 22.6 Å². The van der Waals surface area contributed by atoms with E-state index in [1.165, 1.54) is 29.3 Å². The van der Waals surface area contributed by atoms with Gasteiger partial charge in [-0.3, -0.25) is 14.4 Å². The molecule has 0 radical (unpaired) electrons. The number of halogens is 4. The Morgan fingerprint density at radius 2 is 1.48 bits per heavy atom. The van der Waals surface area contributed by atoms with Crippen LogP contribution in [0.3, 0.4) is 0 Å². The first-order valence-corrected chi connectivity index (χ1v) is 13.8. The van der Waals surface area contributed by atoms with Gasteiger partial charge in [-0.05, 0) is 41.5 Å². The van der Waals surface area contributed by atoms with Gasteiger partial charge in [-0.2, -0.15) is 0 Å². The maximum atomic E-state index is 14.5. The fourth-order valence-electron chi connectivity index (χ4n) is 5.05. The van der Waals surface area contributed by atoms with Gasteiger partial charge in [0.2, 0.25) is 5.78 Å². The van der Waals surface area contributed by atoms with Crippen molar-refractivity contribution in [3.8, 4) is 0 Å². The van der Waals surface area contributed by atoms with Crippen molar-refractivity contribution < 1.29 is 32.3 Å². The third-order valence-corrected chi connectivity index (χ3v) is 7.39. The molecule has 1 aliphatic rings. The first-order valence-electron chi connectivity index (χ1n) is 13.8. The molecular formula is C33H27F4N3O4. The number of hydrogen-bond donors (Lipinski definition) is 1. The van der Waals surface area contributed by atoms with Gasteiger partial charge in [0.1, 0.15) is 11.6 Å². The van der Waals surface area contributed by atoms with Crippen LogP contribution in [0.15, 0.2) is 89.9 Å². The van der Waals surface area contributed by atoms with Gasteiger partial charge in [-0.15, -0.1) is 0 Å². The lowest BCUT2D eigenvalue weighted by Crippen LogP contribution is -2.50. The molecule has 0 spiro atoms. The van der Waals surface area contributed by atoms with E-state index in [0.717, 1.165) is 28.5 Å². The second-order valence-electron chi connectivity index (χ2n) is 10.3. The van der Waals surface area contributed by atoms with Gasteiger partial charge in [0.05, 0.1) is 12.1 Å². The van der Waals surface area contributed by atoms with E-state index in [1.807, 2.05) is 30.3 Å². The smallest absolute Gasteiger partial charge is 0.294 e. The first-order chi connectivity index (χ1) is 21.1. The molecule has 1 aliphatic heterocycles. The number of anilines is 1. The largest absolute Gasteiger partial charge is 0.507 e. The number of aliphatic hydroxyl groups excluding tert-OH is 1. The van der Waals surface area contributed by atoms with Crippen LogP contribution < -0.4 is 10.5 Å². The Hall–Kier alpha value is -5.19. The molecule has 1 fully saturated rings. The normalized spacial score (nSPS) is 13.7. The molecule has 1 amide bonds. The Bertz CT molecular complexity index is 1800. The van der Waals surface area contributed by atoms with Gasteiger partial charge in [0.15, 0.2) is 17.5 Å². The van der Waals surface area contributed by atoms with E-state index in [1.54, 1.807) is 6.07 Å². The van der Waals surface area contributed by atoms with E-state index in [9.17, 15) is 37.1 Å². The Morgan fingerprint density at radius 3 is 2.18 bits per heavy atom. The highest BCUT2D eigenvalue weighted by Crippen LogP contribution is 2.21. The predicted molar refractivity (Wildman–Crippen MR) is 156 cm³/mol. The van der Waals surface area contributed by atoms with Gasteiger partial charge < -0.3 is 19.5 Å². The van der Waals surface area contributed by atoms with Crippen LogP contribution in [0.1, 0.15) is 22.3 Å². The maximum Gasteiger partial charge on any atom is 0.294 e. The number of pyridine rings is 1. The number of rotatable bonds is 8. The standard InChI is InChI=1S/C33H27F4N3O4/c34-26-9-5-4-6-23(26)20-40-19-21(16-22-10-11-27(35)31(37)30(22)36)17-25(32(40)43)28(41)18-29(42)33(44)39-14-12-38(13-15-39)24-7-2-1-3-8-24/h1-11,17-19,41H,12-16,20H2. The number of benzene rings is 3. The van der Waals surface area contributed by atoms with Crippen LogP contribution in [0.25, 0.3) is 5.76 Å². The molecule has 0 saturated carbocycles. The molecule has 4 aromatic rings. The third-order valence-electron chi connectivity index (χ3n) is 7.39. The summed E-state index contributed by atoms with van der Waals surface area (Å²) in [5.74, 6) is -7.83. The van der Waals surface area contributed by atoms with E-state index in [-0.39, 0.29) is 42.7 Å². The van der Waals surface area contributed by atoms with Crippen molar-refractivity contribution in [3.63, 3.8) is 0 Å². The number of nitrogens with zero attached hydrogens (tertiary/aromatic N) is 3. The minimum atomic E-state index is -1.67. The highest BCUT2D eigenvalue weighted by Gasteiger charge is 2.26. The lowest BCUT2D eigenvalue weighted by atomic mass is 10.0. The molecule has 0 aliphatic carbocycles. The summed E-state index contributed by atoms with van der Waals surface area (Å²) in [4.78, 5) is 42.6. The number of aromatic nitrogens is 1. The number of aliphatic hydroxyl groups is 1. The van der Waals surface area contributed by atoms with Crippen molar-refractivity contribution in [2.45, 2.75) is 13.0 Å². The molecule has 5 rings (SSSR count). The van der Waals surface area contributed by atoms with E-state index in [4.69, 9.17) is 0 Å². The topological polar surface area (TPSA) is 82.8 Å². The van der Waals surface area contributed by atoms with Crippen LogP contribution in [0.2, 0.25) is 0 Å². The Labute approximate surface area is 249 Å². The minimum absolute atomic E-state index is 0.126. The molecule has 0 unspecified atom stereocenters. The quantitative estimate of drug-likeness (QED) is 0.102. The van der Waals surface area contributed by atoms with Gasteiger partial charge in [0, 0.05) is 56.1 Å². The summed E-state index contributed by atoms with van der Waals surface area (Å²) in [7, 11) is 0. The molecule has 0 bridgehead atoms. The molecule has 3 aromatic carbocycles. The number of hydrogen-bond acceptors (Lipinski definition) is 5. The second-order valence-corrected chi connectivity index (χ2v) is 10.3. The van der Waals surface area contributed by atoms with E-state index < -0.39 is 51.8 Å². The number of carbonyl (C=O) groups is 2. The van der Waals surface area contributed by atoms with Gasteiger partial charge in [0.25, 0.3) is 11.5 Å². The highest BCUT2D eigenvalue weighted by molar-refractivity contribution is 6.41. The first kappa shape index (κ1) is 30.3. The van der Waals surface area contributed by atoms with Gasteiger partial charge in [-0.1, -0.05) is 42.5 Å². The zero-order valence-corrected chi connectivity index (χ0v) is 23.4. The Balaban J connectivity index is 1.42. The molecule has 7 nitrogen and oxygen atoms in total. The molecular weight excluding hydrogens is 578 g/mol. The zero-order chi connectivity index (χ0) is 31.4.